The summed E-state index contributed by atoms with van der Waals surface area (Å²) in [7, 11) is 2.13. The Kier molecular flexibility index (Phi) is 7.47. The second-order valence-electron chi connectivity index (χ2n) is 9.42. The van der Waals surface area contributed by atoms with Crippen molar-refractivity contribution in [1.82, 2.24) is 29.4 Å². The van der Waals surface area contributed by atoms with Crippen molar-refractivity contribution in [2.75, 3.05) is 51.7 Å². The summed E-state index contributed by atoms with van der Waals surface area (Å²) < 4.78 is 28.5. The van der Waals surface area contributed by atoms with E-state index in [9.17, 15) is 9.18 Å². The average molecular weight is 520 g/mol. The molecule has 4 aromatic rings. The maximum absolute atomic E-state index is 15.0. The van der Waals surface area contributed by atoms with Crippen LogP contribution in [0.3, 0.4) is 0 Å². The minimum Gasteiger partial charge on any atom is -0.490 e. The number of amides is 1. The van der Waals surface area contributed by atoms with Gasteiger partial charge in [-0.05, 0) is 44.7 Å². The second kappa shape index (κ2) is 11.1. The van der Waals surface area contributed by atoms with Gasteiger partial charge in [0, 0.05) is 62.4 Å². The number of halogens is 1. The molecule has 5 rings (SSSR count). The zero-order valence-electron chi connectivity index (χ0n) is 21.6. The molecule has 1 aromatic carbocycles. The van der Waals surface area contributed by atoms with Crippen molar-refractivity contribution in [1.29, 1.82) is 0 Å². The number of hydrogen-bond acceptors (Lipinski definition) is 8. The molecule has 198 valence electrons. The summed E-state index contributed by atoms with van der Waals surface area (Å²) >= 11 is 0. The molecule has 1 amide bonds. The number of carbonyl (C=O) groups excluding carboxylic acids is 1. The van der Waals surface area contributed by atoms with Crippen LogP contribution >= 0.6 is 0 Å². The normalized spacial score (nSPS) is 14.5. The zero-order chi connectivity index (χ0) is 26.6. The van der Waals surface area contributed by atoms with E-state index in [1.54, 1.807) is 29.0 Å². The van der Waals surface area contributed by atoms with E-state index in [4.69, 9.17) is 9.47 Å². The summed E-state index contributed by atoms with van der Waals surface area (Å²) in [6, 6.07) is 5.92. The summed E-state index contributed by atoms with van der Waals surface area (Å²) in [4.78, 5) is 25.4. The molecule has 0 spiro atoms. The molecule has 1 saturated heterocycles. The van der Waals surface area contributed by atoms with Gasteiger partial charge < -0.3 is 19.7 Å². The van der Waals surface area contributed by atoms with Gasteiger partial charge in [-0.25, -0.2) is 8.91 Å². The highest BCUT2D eigenvalue weighted by Gasteiger charge is 2.18. The van der Waals surface area contributed by atoms with Crippen LogP contribution < -0.4 is 14.8 Å². The number of benzene rings is 1. The number of ether oxygens (including phenoxy) is 2. The Bertz CT molecular complexity index is 1450. The predicted octanol–water partition coefficient (Wildman–Crippen LogP) is 3.55. The van der Waals surface area contributed by atoms with Gasteiger partial charge in [0.15, 0.2) is 11.6 Å². The summed E-state index contributed by atoms with van der Waals surface area (Å²) in [6.07, 6.45) is 6.24. The fourth-order valence-electron chi connectivity index (χ4n) is 4.33. The van der Waals surface area contributed by atoms with Crippen LogP contribution in [0.1, 0.15) is 21.5 Å². The average Bonchev–Trinajstić information content (AvgIpc) is 3.23. The lowest BCUT2D eigenvalue weighted by atomic mass is 10.2. The van der Waals surface area contributed by atoms with Crippen molar-refractivity contribution in [3.8, 4) is 17.4 Å². The van der Waals surface area contributed by atoms with Gasteiger partial charge in [0.25, 0.3) is 5.91 Å². The molecule has 3 aromatic heterocycles. The molecule has 11 heteroatoms. The molecule has 4 heterocycles. The Morgan fingerprint density at radius 1 is 1.11 bits per heavy atom. The molecule has 0 aliphatic carbocycles. The Morgan fingerprint density at radius 2 is 1.92 bits per heavy atom. The van der Waals surface area contributed by atoms with Crippen LogP contribution in [-0.4, -0.2) is 81.7 Å². The Balaban J connectivity index is 1.27. The first-order valence-electron chi connectivity index (χ1n) is 12.4. The summed E-state index contributed by atoms with van der Waals surface area (Å²) in [5, 5.41) is 6.94. The maximum Gasteiger partial charge on any atom is 0.257 e. The quantitative estimate of drug-likeness (QED) is 0.378. The van der Waals surface area contributed by atoms with Crippen LogP contribution in [0.5, 0.6) is 17.4 Å². The number of nitrogens with zero attached hydrogens (tertiary/aromatic N) is 6. The molecule has 1 fully saturated rings. The van der Waals surface area contributed by atoms with Crippen LogP contribution in [0.15, 0.2) is 49.2 Å². The highest BCUT2D eigenvalue weighted by molar-refractivity contribution is 6.04. The lowest BCUT2D eigenvalue weighted by Gasteiger charge is -2.32. The molecule has 0 atom stereocenters. The first-order chi connectivity index (χ1) is 18.4. The molecule has 1 N–H and O–H groups in total. The largest absolute Gasteiger partial charge is 0.490 e. The highest BCUT2D eigenvalue weighted by atomic mass is 19.1. The summed E-state index contributed by atoms with van der Waals surface area (Å²) in [6.45, 7) is 9.28. The van der Waals surface area contributed by atoms with Gasteiger partial charge in [-0.3, -0.25) is 14.7 Å². The van der Waals surface area contributed by atoms with Crippen LogP contribution in [0.4, 0.5) is 10.1 Å². The number of aryl methyl sites for hydroxylation is 2. The number of aromatic nitrogens is 4. The van der Waals surface area contributed by atoms with Gasteiger partial charge in [0.05, 0.1) is 11.8 Å². The van der Waals surface area contributed by atoms with Crippen molar-refractivity contribution < 1.29 is 18.7 Å². The van der Waals surface area contributed by atoms with Gasteiger partial charge in [0.1, 0.15) is 24.2 Å². The number of carbonyl (C=O) groups is 1. The fourth-order valence-corrected chi connectivity index (χ4v) is 4.33. The maximum atomic E-state index is 15.0. The third kappa shape index (κ3) is 5.74. The zero-order valence-corrected chi connectivity index (χ0v) is 21.6. The number of rotatable bonds is 8. The first-order valence-corrected chi connectivity index (χ1v) is 12.4. The van der Waals surface area contributed by atoms with Crippen LogP contribution in [0.2, 0.25) is 0 Å². The van der Waals surface area contributed by atoms with E-state index in [0.717, 1.165) is 43.9 Å². The molecule has 1 aliphatic rings. The molecule has 1 aliphatic heterocycles. The molecular weight excluding hydrogens is 489 g/mol. The molecule has 10 nitrogen and oxygen atoms in total. The van der Waals surface area contributed by atoms with E-state index in [1.807, 2.05) is 13.8 Å². The van der Waals surface area contributed by atoms with Crippen molar-refractivity contribution in [3.63, 3.8) is 0 Å². The SMILES string of the molecule is Cc1cncc(C(=O)Nc2ccc(Oc3ncnn4cc(OCCN5CCN(C)CC5)c(C)c34)c(F)c2)c1. The van der Waals surface area contributed by atoms with E-state index >= 15 is 0 Å². The third-order valence-corrected chi connectivity index (χ3v) is 6.54. The van der Waals surface area contributed by atoms with Crippen molar-refractivity contribution in [2.24, 2.45) is 0 Å². The number of piperazine rings is 1. The Morgan fingerprint density at radius 3 is 2.68 bits per heavy atom. The summed E-state index contributed by atoms with van der Waals surface area (Å²) in [5.74, 6) is -0.175. The number of anilines is 1. The Hall–Kier alpha value is -4.09. The van der Waals surface area contributed by atoms with Gasteiger partial charge in [-0.15, -0.1) is 0 Å². The van der Waals surface area contributed by atoms with Crippen LogP contribution in [0, 0.1) is 19.7 Å². The van der Waals surface area contributed by atoms with E-state index < -0.39 is 5.82 Å². The van der Waals surface area contributed by atoms with Crippen molar-refractivity contribution in [3.05, 3.63) is 71.7 Å². The fraction of sp³-hybridized carbons (Fsp3) is 0.333. The minimum atomic E-state index is -0.644. The lowest BCUT2D eigenvalue weighted by Crippen LogP contribution is -2.45. The van der Waals surface area contributed by atoms with E-state index in [0.29, 0.717) is 29.1 Å². The Labute approximate surface area is 220 Å². The number of likely N-dealkylation sites (N-methyl/N-ethyl adjacent to an activating group) is 1. The van der Waals surface area contributed by atoms with E-state index in [1.165, 1.54) is 24.7 Å². The van der Waals surface area contributed by atoms with Gasteiger partial charge in [0.2, 0.25) is 5.88 Å². The highest BCUT2D eigenvalue weighted by Crippen LogP contribution is 2.33. The number of nitrogens with one attached hydrogen (secondary N) is 1. The molecule has 0 saturated carbocycles. The van der Waals surface area contributed by atoms with Crippen molar-refractivity contribution in [2.45, 2.75) is 13.8 Å². The smallest absolute Gasteiger partial charge is 0.257 e. The monoisotopic (exact) mass is 519 g/mol. The van der Waals surface area contributed by atoms with Crippen LogP contribution in [0.25, 0.3) is 5.52 Å². The minimum absolute atomic E-state index is 0.0287. The van der Waals surface area contributed by atoms with Gasteiger partial charge >= 0.3 is 0 Å². The van der Waals surface area contributed by atoms with Gasteiger partial charge in [-0.2, -0.15) is 10.1 Å². The second-order valence-corrected chi connectivity index (χ2v) is 9.42. The lowest BCUT2D eigenvalue weighted by molar-refractivity contribution is 0.102. The molecular formula is C27H30FN7O3. The van der Waals surface area contributed by atoms with Crippen LogP contribution in [-0.2, 0) is 0 Å². The molecule has 0 radical (unpaired) electrons. The number of hydrogen-bond donors (Lipinski definition) is 1. The third-order valence-electron chi connectivity index (χ3n) is 6.54. The van der Waals surface area contributed by atoms with E-state index in [-0.39, 0.29) is 17.5 Å². The van der Waals surface area contributed by atoms with Gasteiger partial charge in [-0.1, -0.05) is 0 Å². The van der Waals surface area contributed by atoms with E-state index in [2.05, 4.69) is 37.2 Å². The predicted molar refractivity (Wildman–Crippen MR) is 141 cm³/mol. The van der Waals surface area contributed by atoms with Crippen molar-refractivity contribution >= 4 is 17.1 Å². The topological polar surface area (TPSA) is 97.1 Å². The molecule has 0 bridgehead atoms. The summed E-state index contributed by atoms with van der Waals surface area (Å²) in [5.41, 5.74) is 2.93. The standard InChI is InChI=1S/C27H30FN7O3/c1-18-12-20(15-29-14-18)26(36)32-21-4-5-23(22(28)13-21)38-27-25-19(2)24(16-35(25)31-17-30-27)37-11-10-34-8-6-33(3)7-9-34/h4-5,12-17H,6-11H2,1-3H3,(H,32,36). The first kappa shape index (κ1) is 25.6. The molecule has 38 heavy (non-hydrogen) atoms. The number of pyridine rings is 1. The molecule has 0 unspecified atom stereocenters. The number of fused-ring (bicyclic) bond motifs is 1.